The minimum atomic E-state index is 0.121. The van der Waals surface area contributed by atoms with E-state index < -0.39 is 0 Å². The number of benzene rings is 4. The first-order chi connectivity index (χ1) is 22.6. The fourth-order valence-electron chi connectivity index (χ4n) is 3.67. The van der Waals surface area contributed by atoms with E-state index in [4.69, 9.17) is 4.79 Å². The molecule has 0 atom stereocenters. The van der Waals surface area contributed by atoms with Crippen LogP contribution in [0.15, 0.2) is 183 Å². The van der Waals surface area contributed by atoms with E-state index in [2.05, 4.69) is 40.8 Å². The van der Waals surface area contributed by atoms with Crippen LogP contribution in [0.25, 0.3) is 22.5 Å². The molecule has 0 aliphatic rings. The molecule has 5 heteroatoms. The molecule has 0 bridgehead atoms. The Labute approximate surface area is 272 Å². The van der Waals surface area contributed by atoms with E-state index >= 15 is 0 Å². The molecule has 6 rings (SSSR count). The fourth-order valence-corrected chi connectivity index (χ4v) is 3.67. The summed E-state index contributed by atoms with van der Waals surface area (Å²) >= 11 is 0. The molecule has 4 aromatic carbocycles. The molecule has 0 amide bonds. The van der Waals surface area contributed by atoms with Gasteiger partial charge in [0.2, 0.25) is 0 Å². The molecule has 5 nitrogen and oxygen atoms in total. The Morgan fingerprint density at radius 2 is 0.935 bits per heavy atom. The molecule has 0 fully saturated rings. The molecule has 0 unspecified atom stereocenters. The second-order valence-electron chi connectivity index (χ2n) is 9.31. The zero-order valence-electron chi connectivity index (χ0n) is 25.9. The van der Waals surface area contributed by atoms with Crippen LogP contribution in [0.2, 0.25) is 0 Å². The number of carbonyl (C=O) groups is 3. The number of rotatable bonds is 6. The van der Waals surface area contributed by atoms with Crippen molar-refractivity contribution in [3.8, 4) is 22.5 Å². The van der Waals surface area contributed by atoms with Crippen molar-refractivity contribution in [1.82, 2.24) is 9.97 Å². The maximum absolute atomic E-state index is 10.6. The molecule has 0 saturated heterocycles. The van der Waals surface area contributed by atoms with Gasteiger partial charge in [-0.3, -0.25) is 19.6 Å². The van der Waals surface area contributed by atoms with E-state index in [1.54, 1.807) is 6.92 Å². The lowest BCUT2D eigenvalue weighted by Gasteiger charge is -1.97. The number of carbonyl (C=O) groups excluding carboxylic acids is 3. The SMILES string of the molecule is C=CC=O.CC(=O)c1ccccc1.O=CCc1ccccc1.c1ccc(-c2ccccn2)cc1.c1ccc(-c2ccccn2)cc1. The molecular weight excluding hydrogens is 568 g/mol. The Bertz CT molecular complexity index is 1490. The highest BCUT2D eigenvalue weighted by Gasteiger charge is 1.95. The van der Waals surface area contributed by atoms with Crippen LogP contribution in [0.5, 0.6) is 0 Å². The summed E-state index contributed by atoms with van der Waals surface area (Å²) in [4.78, 5) is 38.2. The summed E-state index contributed by atoms with van der Waals surface area (Å²) in [5.41, 5.74) is 6.23. The molecule has 0 aliphatic heterocycles. The highest BCUT2D eigenvalue weighted by atomic mass is 16.1. The smallest absolute Gasteiger partial charge is 0.159 e. The molecular formula is C41H38N2O3. The lowest BCUT2D eigenvalue weighted by atomic mass is 10.1. The van der Waals surface area contributed by atoms with Crippen molar-refractivity contribution in [2.24, 2.45) is 0 Å². The van der Waals surface area contributed by atoms with E-state index in [1.165, 1.54) is 6.08 Å². The maximum Gasteiger partial charge on any atom is 0.159 e. The fraction of sp³-hybridized carbons (Fsp3) is 0.0488. The second-order valence-corrected chi connectivity index (χ2v) is 9.31. The second kappa shape index (κ2) is 23.4. The normalized spacial score (nSPS) is 8.98. The van der Waals surface area contributed by atoms with Crippen LogP contribution in [0.1, 0.15) is 22.8 Å². The first kappa shape index (κ1) is 36.1. The standard InChI is InChI=1S/2C11H9N.2C8H8O.C3H4O/c2*1-2-6-10(7-3-1)11-8-4-5-9-12-11;1-7(9)8-5-3-2-4-6-8;9-7-6-8-4-2-1-3-5-8;1-2-3-4/h2*1-9H;2-6H,1H3;1-5,7H,6H2;2-3H,1H2. The Morgan fingerprint density at radius 1 is 0.565 bits per heavy atom. The lowest BCUT2D eigenvalue weighted by molar-refractivity contribution is -0.107. The van der Waals surface area contributed by atoms with Gasteiger partial charge < -0.3 is 4.79 Å². The molecule has 2 aromatic heterocycles. The summed E-state index contributed by atoms with van der Waals surface area (Å²) < 4.78 is 0. The van der Waals surface area contributed by atoms with Crippen molar-refractivity contribution < 1.29 is 14.4 Å². The summed E-state index contributed by atoms with van der Waals surface area (Å²) in [6, 6.07) is 51.1. The molecule has 2 heterocycles. The molecule has 0 spiro atoms. The number of allylic oxidation sites excluding steroid dienone is 1. The number of nitrogens with zero attached hydrogens (tertiary/aromatic N) is 2. The van der Waals surface area contributed by atoms with Crippen LogP contribution in [0.4, 0.5) is 0 Å². The molecule has 46 heavy (non-hydrogen) atoms. The molecule has 0 saturated carbocycles. The van der Waals surface area contributed by atoms with Crippen molar-refractivity contribution in [3.63, 3.8) is 0 Å². The molecule has 0 aliphatic carbocycles. The summed E-state index contributed by atoms with van der Waals surface area (Å²) in [5.74, 6) is 0.121. The minimum Gasteiger partial charge on any atom is -0.303 e. The summed E-state index contributed by atoms with van der Waals surface area (Å²) in [6.45, 7) is 4.68. The third kappa shape index (κ3) is 15.4. The Hall–Kier alpha value is -6.07. The van der Waals surface area contributed by atoms with Gasteiger partial charge in [0.05, 0.1) is 11.4 Å². The number of hydrogen-bond donors (Lipinski definition) is 0. The predicted octanol–water partition coefficient (Wildman–Crippen LogP) is 9.19. The number of ketones is 1. The van der Waals surface area contributed by atoms with E-state index in [1.807, 2.05) is 146 Å². The van der Waals surface area contributed by atoms with E-state index in [9.17, 15) is 9.59 Å². The van der Waals surface area contributed by atoms with Crippen molar-refractivity contribution in [1.29, 1.82) is 0 Å². The van der Waals surface area contributed by atoms with Gasteiger partial charge in [0, 0.05) is 35.5 Å². The van der Waals surface area contributed by atoms with Crippen molar-refractivity contribution in [3.05, 3.63) is 194 Å². The number of aromatic nitrogens is 2. The topological polar surface area (TPSA) is 77.0 Å². The summed E-state index contributed by atoms with van der Waals surface area (Å²) in [7, 11) is 0. The Morgan fingerprint density at radius 3 is 1.24 bits per heavy atom. The first-order valence-electron chi connectivity index (χ1n) is 14.6. The molecule has 0 radical (unpaired) electrons. The van der Waals surface area contributed by atoms with Crippen LogP contribution in [0.3, 0.4) is 0 Å². The van der Waals surface area contributed by atoms with E-state index in [0.717, 1.165) is 39.9 Å². The average Bonchev–Trinajstić information content (AvgIpc) is 3.15. The van der Waals surface area contributed by atoms with Crippen LogP contribution < -0.4 is 0 Å². The van der Waals surface area contributed by atoms with Crippen LogP contribution in [-0.2, 0) is 16.0 Å². The predicted molar refractivity (Wildman–Crippen MR) is 188 cm³/mol. The highest BCUT2D eigenvalue weighted by molar-refractivity contribution is 5.93. The monoisotopic (exact) mass is 606 g/mol. The zero-order valence-corrected chi connectivity index (χ0v) is 25.9. The average molecular weight is 607 g/mol. The highest BCUT2D eigenvalue weighted by Crippen LogP contribution is 2.15. The maximum atomic E-state index is 10.6. The van der Waals surface area contributed by atoms with Gasteiger partial charge in [-0.2, -0.15) is 0 Å². The summed E-state index contributed by atoms with van der Waals surface area (Å²) in [5, 5.41) is 0. The van der Waals surface area contributed by atoms with Gasteiger partial charge in [0.25, 0.3) is 0 Å². The number of hydrogen-bond acceptors (Lipinski definition) is 5. The van der Waals surface area contributed by atoms with Crippen molar-refractivity contribution >= 4 is 18.4 Å². The summed E-state index contributed by atoms with van der Waals surface area (Å²) in [6.07, 6.45) is 6.89. The van der Waals surface area contributed by atoms with Gasteiger partial charge in [0.1, 0.15) is 12.6 Å². The first-order valence-corrected chi connectivity index (χ1v) is 14.6. The van der Waals surface area contributed by atoms with Crippen LogP contribution in [-0.4, -0.2) is 28.3 Å². The van der Waals surface area contributed by atoms with Gasteiger partial charge in [-0.15, -0.1) is 0 Å². The van der Waals surface area contributed by atoms with Crippen molar-refractivity contribution in [2.75, 3.05) is 0 Å². The number of Topliss-reactive ketones (excluding diaryl/α,β-unsaturated/α-hetero) is 1. The minimum absolute atomic E-state index is 0.121. The third-order valence-corrected chi connectivity index (χ3v) is 5.91. The molecule has 230 valence electrons. The lowest BCUT2D eigenvalue weighted by Crippen LogP contribution is -1.88. The van der Waals surface area contributed by atoms with Crippen LogP contribution in [0, 0.1) is 0 Å². The van der Waals surface area contributed by atoms with Gasteiger partial charge in [-0.1, -0.05) is 140 Å². The number of pyridine rings is 2. The third-order valence-electron chi connectivity index (χ3n) is 5.91. The van der Waals surface area contributed by atoms with Gasteiger partial charge in [-0.25, -0.2) is 0 Å². The van der Waals surface area contributed by atoms with Crippen LogP contribution >= 0.6 is 0 Å². The van der Waals surface area contributed by atoms with Gasteiger partial charge >= 0.3 is 0 Å². The quantitative estimate of drug-likeness (QED) is 0.107. The van der Waals surface area contributed by atoms with E-state index in [-0.39, 0.29) is 5.78 Å². The largest absolute Gasteiger partial charge is 0.303 e. The Kier molecular flexibility index (Phi) is 18.4. The number of aldehydes is 2. The molecule has 6 aromatic rings. The van der Waals surface area contributed by atoms with Gasteiger partial charge in [0.15, 0.2) is 5.78 Å². The van der Waals surface area contributed by atoms with E-state index in [0.29, 0.717) is 12.7 Å². The molecule has 0 N–H and O–H groups in total. The Balaban J connectivity index is 0.000000207. The van der Waals surface area contributed by atoms with Gasteiger partial charge in [-0.05, 0) is 42.8 Å². The zero-order chi connectivity index (χ0) is 33.1. The van der Waals surface area contributed by atoms with Crippen molar-refractivity contribution in [2.45, 2.75) is 13.3 Å².